The first-order valence-electron chi connectivity index (χ1n) is 15.9. The number of rotatable bonds is 14. The van der Waals surface area contributed by atoms with Crippen LogP contribution in [-0.2, 0) is 18.8 Å². The number of ether oxygens (including phenoxy) is 1. The largest absolute Gasteiger partial charge is 0.465 e. The summed E-state index contributed by atoms with van der Waals surface area (Å²) in [4.78, 5) is 40.1. The van der Waals surface area contributed by atoms with Crippen molar-refractivity contribution in [2.45, 2.75) is 103 Å². The summed E-state index contributed by atoms with van der Waals surface area (Å²) in [6.45, 7) is 16.4. The molecule has 2 fully saturated rings. The van der Waals surface area contributed by atoms with Crippen molar-refractivity contribution in [3.63, 3.8) is 0 Å². The molecule has 0 radical (unpaired) electrons. The summed E-state index contributed by atoms with van der Waals surface area (Å²) in [7, 11) is -2.19. The highest BCUT2D eigenvalue weighted by Gasteiger charge is 2.48. The number of amides is 2. The first kappa shape index (κ1) is 33.8. The second-order valence-corrected chi connectivity index (χ2v) is 18.9. The predicted octanol–water partition coefficient (Wildman–Crippen LogP) is 6.44. The summed E-state index contributed by atoms with van der Waals surface area (Å²) in [5.74, 6) is -2.10. The zero-order chi connectivity index (χ0) is 32.4. The SMILES string of the molecule is CCOC(=O)C(CO[Si](C)(C)C(C)(C)C)c1ccc(NC(=O)[C@@H](NC(=O)c2ccnn2C(C)C)C(C2CC2)C2CC2)c(F)c1. The maximum Gasteiger partial charge on any atom is 0.315 e. The van der Waals surface area contributed by atoms with Crippen molar-refractivity contribution in [2.75, 3.05) is 18.5 Å². The van der Waals surface area contributed by atoms with Crippen molar-refractivity contribution in [3.8, 4) is 0 Å². The standard InChI is InChI=1S/C33H49FN4O5Si/c1-9-42-32(41)24(19-43-44(7,8)33(4,5)6)23-14-15-26(25(34)18-23)36-31(40)29(28(21-10-11-21)22-12-13-22)37-30(39)27-16-17-35-38(27)20(2)3/h14-18,20-22,24,28-29H,9-13,19H2,1-8H3,(H,36,40)(H,37,39)/t24?,29-/m0/s1. The Labute approximate surface area is 261 Å². The van der Waals surface area contributed by atoms with Gasteiger partial charge in [-0.1, -0.05) is 26.8 Å². The van der Waals surface area contributed by atoms with E-state index in [0.29, 0.717) is 23.1 Å². The van der Waals surface area contributed by atoms with E-state index in [4.69, 9.17) is 9.16 Å². The van der Waals surface area contributed by atoms with Crippen LogP contribution in [0.15, 0.2) is 30.5 Å². The van der Waals surface area contributed by atoms with Gasteiger partial charge in [0.1, 0.15) is 23.5 Å². The molecule has 9 nitrogen and oxygen atoms in total. The fourth-order valence-electron chi connectivity index (χ4n) is 5.46. The Bertz CT molecular complexity index is 1330. The summed E-state index contributed by atoms with van der Waals surface area (Å²) in [5, 5.41) is 9.93. The number of aromatic nitrogens is 2. The number of hydrogen-bond acceptors (Lipinski definition) is 6. The van der Waals surface area contributed by atoms with Crippen LogP contribution in [0.25, 0.3) is 0 Å². The molecular formula is C33H49FN4O5Si. The topological polar surface area (TPSA) is 112 Å². The van der Waals surface area contributed by atoms with Gasteiger partial charge in [0.05, 0.1) is 18.9 Å². The lowest BCUT2D eigenvalue weighted by Gasteiger charge is -2.37. The number of benzene rings is 1. The lowest BCUT2D eigenvalue weighted by atomic mass is 9.88. The van der Waals surface area contributed by atoms with Gasteiger partial charge in [0, 0.05) is 12.2 Å². The molecule has 0 spiro atoms. The number of nitrogens with zero attached hydrogens (tertiary/aromatic N) is 2. The molecule has 1 aromatic heterocycles. The van der Waals surface area contributed by atoms with Gasteiger partial charge in [0.25, 0.3) is 5.91 Å². The predicted molar refractivity (Wildman–Crippen MR) is 170 cm³/mol. The van der Waals surface area contributed by atoms with Gasteiger partial charge in [-0.15, -0.1) is 0 Å². The molecule has 2 saturated carbocycles. The third-order valence-corrected chi connectivity index (χ3v) is 13.8. The highest BCUT2D eigenvalue weighted by atomic mass is 28.4. The number of anilines is 1. The Morgan fingerprint density at radius 1 is 1.09 bits per heavy atom. The number of hydrogen-bond donors (Lipinski definition) is 2. The van der Waals surface area contributed by atoms with Gasteiger partial charge in [0.15, 0.2) is 8.32 Å². The lowest BCUT2D eigenvalue weighted by molar-refractivity contribution is -0.145. The van der Waals surface area contributed by atoms with Gasteiger partial charge in [-0.2, -0.15) is 5.10 Å². The molecule has 11 heteroatoms. The van der Waals surface area contributed by atoms with Crippen molar-refractivity contribution in [1.29, 1.82) is 0 Å². The van der Waals surface area contributed by atoms with E-state index in [1.54, 1.807) is 29.9 Å². The molecule has 2 aliphatic carbocycles. The summed E-state index contributed by atoms with van der Waals surface area (Å²) in [6, 6.07) is 5.16. The molecule has 1 unspecified atom stereocenters. The van der Waals surface area contributed by atoms with E-state index in [2.05, 4.69) is 49.6 Å². The lowest BCUT2D eigenvalue weighted by Crippen LogP contribution is -2.50. The third kappa shape index (κ3) is 7.96. The smallest absolute Gasteiger partial charge is 0.315 e. The zero-order valence-electron chi connectivity index (χ0n) is 27.4. The molecule has 0 aliphatic heterocycles. The molecule has 0 bridgehead atoms. The van der Waals surface area contributed by atoms with Crippen LogP contribution in [-0.4, -0.2) is 55.1 Å². The van der Waals surface area contributed by atoms with Crippen LogP contribution in [0, 0.1) is 23.6 Å². The molecule has 0 saturated heterocycles. The maximum atomic E-state index is 15.6. The van der Waals surface area contributed by atoms with Gasteiger partial charge in [0.2, 0.25) is 5.91 Å². The Hall–Kier alpha value is -3.05. The highest BCUT2D eigenvalue weighted by Crippen LogP contribution is 2.51. The normalized spacial score (nSPS) is 17.0. The maximum absolute atomic E-state index is 15.6. The molecule has 2 aliphatic rings. The fourth-order valence-corrected chi connectivity index (χ4v) is 6.48. The van der Waals surface area contributed by atoms with Gasteiger partial charge < -0.3 is 19.8 Å². The van der Waals surface area contributed by atoms with Crippen molar-refractivity contribution in [2.24, 2.45) is 17.8 Å². The van der Waals surface area contributed by atoms with Crippen LogP contribution in [0.4, 0.5) is 10.1 Å². The van der Waals surface area contributed by atoms with Crippen LogP contribution in [0.5, 0.6) is 0 Å². The minimum atomic E-state index is -2.19. The number of halogens is 1. The number of nitrogens with one attached hydrogen (secondary N) is 2. The van der Waals surface area contributed by atoms with Crippen molar-refractivity contribution < 1.29 is 27.9 Å². The summed E-state index contributed by atoms with van der Waals surface area (Å²) >= 11 is 0. The average molecular weight is 629 g/mol. The van der Waals surface area contributed by atoms with Crippen LogP contribution in [0.3, 0.4) is 0 Å². The van der Waals surface area contributed by atoms with E-state index < -0.39 is 38.0 Å². The summed E-state index contributed by atoms with van der Waals surface area (Å²) < 4.78 is 28.9. The van der Waals surface area contributed by atoms with E-state index in [1.807, 2.05) is 13.8 Å². The number of esters is 1. The second-order valence-electron chi connectivity index (χ2n) is 14.1. The Kier molecular flexibility index (Phi) is 10.4. The van der Waals surface area contributed by atoms with Crippen LogP contribution >= 0.6 is 0 Å². The minimum absolute atomic E-state index is 0.0107. The molecular weight excluding hydrogens is 579 g/mol. The molecule has 2 aromatic rings. The number of carbonyl (C=O) groups is 3. The molecule has 44 heavy (non-hydrogen) atoms. The van der Waals surface area contributed by atoms with Crippen molar-refractivity contribution in [1.82, 2.24) is 15.1 Å². The molecule has 242 valence electrons. The molecule has 2 N–H and O–H groups in total. The fraction of sp³-hybridized carbons (Fsp3) is 0.636. The van der Waals surface area contributed by atoms with E-state index in [1.165, 1.54) is 12.1 Å². The van der Waals surface area contributed by atoms with E-state index in [0.717, 1.165) is 25.7 Å². The van der Waals surface area contributed by atoms with Gasteiger partial charge >= 0.3 is 5.97 Å². The van der Waals surface area contributed by atoms with Crippen LogP contribution in [0.1, 0.15) is 95.2 Å². The number of carbonyl (C=O) groups excluding carboxylic acids is 3. The molecule has 1 aromatic carbocycles. The first-order valence-corrected chi connectivity index (χ1v) is 18.8. The first-order chi connectivity index (χ1) is 20.6. The van der Waals surface area contributed by atoms with Crippen molar-refractivity contribution in [3.05, 3.63) is 47.5 Å². The summed E-state index contributed by atoms with van der Waals surface area (Å²) in [5.41, 5.74) is 0.783. The monoisotopic (exact) mass is 628 g/mol. The van der Waals surface area contributed by atoms with Crippen molar-refractivity contribution >= 4 is 31.8 Å². The third-order valence-electron chi connectivity index (χ3n) is 9.32. The van der Waals surface area contributed by atoms with E-state index >= 15 is 4.39 Å². The molecule has 1 heterocycles. The highest BCUT2D eigenvalue weighted by molar-refractivity contribution is 6.74. The van der Waals surface area contributed by atoms with E-state index in [9.17, 15) is 14.4 Å². The van der Waals surface area contributed by atoms with Gasteiger partial charge in [-0.3, -0.25) is 19.1 Å². The molecule has 2 atom stereocenters. The minimum Gasteiger partial charge on any atom is -0.465 e. The van der Waals surface area contributed by atoms with Gasteiger partial charge in [-0.05, 0) is 106 Å². The Morgan fingerprint density at radius 3 is 2.25 bits per heavy atom. The summed E-state index contributed by atoms with van der Waals surface area (Å²) in [6.07, 6.45) is 5.63. The quantitative estimate of drug-likeness (QED) is 0.184. The van der Waals surface area contributed by atoms with E-state index in [-0.39, 0.29) is 41.8 Å². The Balaban J connectivity index is 1.55. The Morgan fingerprint density at radius 2 is 1.73 bits per heavy atom. The average Bonchev–Trinajstić information content (AvgIpc) is 3.88. The van der Waals surface area contributed by atoms with Crippen LogP contribution in [0.2, 0.25) is 18.1 Å². The van der Waals surface area contributed by atoms with Gasteiger partial charge in [-0.25, -0.2) is 4.39 Å². The molecule has 2 amide bonds. The second kappa shape index (κ2) is 13.5. The molecule has 4 rings (SSSR count). The zero-order valence-corrected chi connectivity index (χ0v) is 28.4. The van der Waals surface area contributed by atoms with Crippen LogP contribution < -0.4 is 10.6 Å².